The molecule has 0 aromatic rings. The highest BCUT2D eigenvalue weighted by Gasteiger charge is 2.25. The maximum atomic E-state index is 11.2. The van der Waals surface area contributed by atoms with Crippen LogP contribution in [0, 0.1) is 5.92 Å². The van der Waals surface area contributed by atoms with Gasteiger partial charge in [-0.15, -0.1) is 0 Å². The number of nitrogens with zero attached hydrogens (tertiary/aromatic N) is 1. The summed E-state index contributed by atoms with van der Waals surface area (Å²) in [6.45, 7) is 4.02. The van der Waals surface area contributed by atoms with Gasteiger partial charge in [0, 0.05) is 24.8 Å². The van der Waals surface area contributed by atoms with Crippen LogP contribution in [-0.4, -0.2) is 29.2 Å². The lowest BCUT2D eigenvalue weighted by Gasteiger charge is -2.14. The van der Waals surface area contributed by atoms with E-state index in [4.69, 9.17) is 0 Å². The zero-order valence-electron chi connectivity index (χ0n) is 6.85. The first-order chi connectivity index (χ1) is 5.24. The quantitative estimate of drug-likeness (QED) is 0.662. The third-order valence-corrected chi connectivity index (χ3v) is 2.53. The number of carbonyl (C=O) groups is 1. The molecule has 0 bridgehead atoms. The summed E-state index contributed by atoms with van der Waals surface area (Å²) in [6.07, 6.45) is 1.82. The number of rotatable bonds is 3. The van der Waals surface area contributed by atoms with E-state index in [0.717, 1.165) is 31.3 Å². The molecular formula is C8H14BrNO. The topological polar surface area (TPSA) is 20.3 Å². The SMILES string of the molecule is C[C@H]1CC(=O)N(CCCBr)C1. The fourth-order valence-electron chi connectivity index (χ4n) is 1.44. The molecule has 0 unspecified atom stereocenters. The summed E-state index contributed by atoms with van der Waals surface area (Å²) in [4.78, 5) is 13.2. The molecule has 0 aliphatic carbocycles. The second kappa shape index (κ2) is 4.10. The van der Waals surface area contributed by atoms with Crippen LogP contribution in [0.1, 0.15) is 19.8 Å². The van der Waals surface area contributed by atoms with Gasteiger partial charge < -0.3 is 4.90 Å². The van der Waals surface area contributed by atoms with Gasteiger partial charge in [0.05, 0.1) is 0 Å². The van der Waals surface area contributed by atoms with E-state index in [-0.39, 0.29) is 0 Å². The van der Waals surface area contributed by atoms with Crippen molar-refractivity contribution in [3.63, 3.8) is 0 Å². The monoisotopic (exact) mass is 219 g/mol. The predicted molar refractivity (Wildman–Crippen MR) is 48.8 cm³/mol. The smallest absolute Gasteiger partial charge is 0.222 e. The van der Waals surface area contributed by atoms with Gasteiger partial charge in [-0.2, -0.15) is 0 Å². The van der Waals surface area contributed by atoms with Crippen molar-refractivity contribution in [2.75, 3.05) is 18.4 Å². The standard InChI is InChI=1S/C8H14BrNO/c1-7-5-8(11)10(6-7)4-2-3-9/h7H,2-6H2,1H3/t7-/m0/s1. The van der Waals surface area contributed by atoms with E-state index in [9.17, 15) is 4.79 Å². The molecule has 1 atom stereocenters. The lowest BCUT2D eigenvalue weighted by atomic mass is 10.2. The molecule has 1 aliphatic rings. The van der Waals surface area contributed by atoms with Crippen molar-refractivity contribution in [1.29, 1.82) is 0 Å². The molecule has 1 heterocycles. The zero-order chi connectivity index (χ0) is 8.27. The summed E-state index contributed by atoms with van der Waals surface area (Å²) in [6, 6.07) is 0. The molecule has 1 fully saturated rings. The highest BCUT2D eigenvalue weighted by Crippen LogP contribution is 2.16. The molecule has 0 N–H and O–H groups in total. The van der Waals surface area contributed by atoms with Gasteiger partial charge in [0.2, 0.25) is 5.91 Å². The maximum Gasteiger partial charge on any atom is 0.222 e. The number of hydrogen-bond acceptors (Lipinski definition) is 1. The van der Waals surface area contributed by atoms with Gasteiger partial charge in [-0.3, -0.25) is 4.79 Å². The number of likely N-dealkylation sites (tertiary alicyclic amines) is 1. The van der Waals surface area contributed by atoms with Crippen molar-refractivity contribution < 1.29 is 4.79 Å². The van der Waals surface area contributed by atoms with Gasteiger partial charge in [-0.05, 0) is 12.3 Å². The van der Waals surface area contributed by atoms with Crippen LogP contribution < -0.4 is 0 Å². The number of halogens is 1. The number of hydrogen-bond donors (Lipinski definition) is 0. The summed E-state index contributed by atoms with van der Waals surface area (Å²) >= 11 is 3.35. The van der Waals surface area contributed by atoms with Crippen molar-refractivity contribution in [3.8, 4) is 0 Å². The van der Waals surface area contributed by atoms with E-state index in [1.54, 1.807) is 0 Å². The molecule has 0 radical (unpaired) electrons. The minimum absolute atomic E-state index is 0.332. The Morgan fingerprint density at radius 1 is 1.73 bits per heavy atom. The Labute approximate surface area is 76.1 Å². The molecule has 64 valence electrons. The lowest BCUT2D eigenvalue weighted by Crippen LogP contribution is -2.26. The van der Waals surface area contributed by atoms with Crippen molar-refractivity contribution in [3.05, 3.63) is 0 Å². The second-order valence-corrected chi connectivity index (χ2v) is 3.98. The van der Waals surface area contributed by atoms with Gasteiger partial charge >= 0.3 is 0 Å². The van der Waals surface area contributed by atoms with Gasteiger partial charge in [-0.1, -0.05) is 22.9 Å². The molecule has 0 aromatic heterocycles. The van der Waals surface area contributed by atoms with E-state index in [0.29, 0.717) is 11.8 Å². The Hall–Kier alpha value is -0.0500. The van der Waals surface area contributed by atoms with Crippen molar-refractivity contribution >= 4 is 21.8 Å². The van der Waals surface area contributed by atoms with Crippen LogP contribution in [0.4, 0.5) is 0 Å². The van der Waals surface area contributed by atoms with Gasteiger partial charge in [0.15, 0.2) is 0 Å². The van der Waals surface area contributed by atoms with E-state index >= 15 is 0 Å². The van der Waals surface area contributed by atoms with Crippen LogP contribution in [0.3, 0.4) is 0 Å². The van der Waals surface area contributed by atoms with Crippen LogP contribution in [0.5, 0.6) is 0 Å². The largest absolute Gasteiger partial charge is 0.342 e. The van der Waals surface area contributed by atoms with Crippen LogP contribution in [0.15, 0.2) is 0 Å². The Kier molecular flexibility index (Phi) is 3.37. The molecule has 11 heavy (non-hydrogen) atoms. The summed E-state index contributed by atoms with van der Waals surface area (Å²) in [5.41, 5.74) is 0. The summed E-state index contributed by atoms with van der Waals surface area (Å²) in [7, 11) is 0. The van der Waals surface area contributed by atoms with E-state index in [1.807, 2.05) is 4.90 Å². The molecule has 1 aliphatic heterocycles. The zero-order valence-corrected chi connectivity index (χ0v) is 8.43. The average Bonchev–Trinajstić information content (AvgIpc) is 2.26. The Balaban J connectivity index is 2.29. The fraction of sp³-hybridized carbons (Fsp3) is 0.875. The number of carbonyl (C=O) groups excluding carboxylic acids is 1. The molecule has 0 saturated carbocycles. The third kappa shape index (κ3) is 2.47. The normalized spacial score (nSPS) is 24.7. The predicted octanol–water partition coefficient (Wildman–Crippen LogP) is 1.64. The highest BCUT2D eigenvalue weighted by atomic mass is 79.9. The van der Waals surface area contributed by atoms with E-state index in [1.165, 1.54) is 0 Å². The molecule has 3 heteroatoms. The Morgan fingerprint density at radius 2 is 2.45 bits per heavy atom. The van der Waals surface area contributed by atoms with Gasteiger partial charge in [0.1, 0.15) is 0 Å². The molecule has 1 amide bonds. The van der Waals surface area contributed by atoms with Crippen molar-refractivity contribution in [2.24, 2.45) is 5.92 Å². The first-order valence-electron chi connectivity index (χ1n) is 4.07. The van der Waals surface area contributed by atoms with Crippen molar-refractivity contribution in [1.82, 2.24) is 4.90 Å². The Bertz CT molecular complexity index is 149. The Morgan fingerprint density at radius 3 is 2.91 bits per heavy atom. The molecule has 0 spiro atoms. The molecule has 1 saturated heterocycles. The van der Waals surface area contributed by atoms with Crippen LogP contribution >= 0.6 is 15.9 Å². The minimum Gasteiger partial charge on any atom is -0.342 e. The summed E-state index contributed by atoms with van der Waals surface area (Å²) < 4.78 is 0. The van der Waals surface area contributed by atoms with E-state index < -0.39 is 0 Å². The van der Waals surface area contributed by atoms with E-state index in [2.05, 4.69) is 22.9 Å². The fourth-order valence-corrected chi connectivity index (χ4v) is 1.69. The molecular weight excluding hydrogens is 206 g/mol. The van der Waals surface area contributed by atoms with Gasteiger partial charge in [-0.25, -0.2) is 0 Å². The first-order valence-corrected chi connectivity index (χ1v) is 5.20. The minimum atomic E-state index is 0.332. The molecule has 1 rings (SSSR count). The lowest BCUT2D eigenvalue weighted by molar-refractivity contribution is -0.127. The molecule has 0 aromatic carbocycles. The maximum absolute atomic E-state index is 11.2. The summed E-state index contributed by atoms with van der Waals surface area (Å²) in [5.74, 6) is 0.899. The first kappa shape index (κ1) is 9.04. The third-order valence-electron chi connectivity index (χ3n) is 1.97. The number of alkyl halides is 1. The van der Waals surface area contributed by atoms with Crippen LogP contribution in [0.25, 0.3) is 0 Å². The molecule has 2 nitrogen and oxygen atoms in total. The average molecular weight is 220 g/mol. The van der Waals surface area contributed by atoms with Crippen molar-refractivity contribution in [2.45, 2.75) is 19.8 Å². The number of amides is 1. The van der Waals surface area contributed by atoms with Crippen LogP contribution in [-0.2, 0) is 4.79 Å². The van der Waals surface area contributed by atoms with Crippen LogP contribution in [0.2, 0.25) is 0 Å². The highest BCUT2D eigenvalue weighted by molar-refractivity contribution is 9.09. The second-order valence-electron chi connectivity index (χ2n) is 3.19. The van der Waals surface area contributed by atoms with Gasteiger partial charge in [0.25, 0.3) is 0 Å². The summed E-state index contributed by atoms with van der Waals surface area (Å²) in [5, 5.41) is 0.991.